The number of carbonyl (C=O) groups is 3. The van der Waals surface area contributed by atoms with Crippen LogP contribution in [0.2, 0.25) is 0 Å². The molecule has 0 bridgehead atoms. The lowest BCUT2D eigenvalue weighted by Crippen LogP contribution is -2.58. The molecule has 2 atom stereocenters. The van der Waals surface area contributed by atoms with E-state index in [2.05, 4.69) is 10.6 Å². The highest BCUT2D eigenvalue weighted by molar-refractivity contribution is 5.92. The van der Waals surface area contributed by atoms with E-state index in [1.54, 1.807) is 39.8 Å². The lowest BCUT2D eigenvalue weighted by atomic mass is 9.95. The van der Waals surface area contributed by atoms with E-state index >= 15 is 0 Å². The van der Waals surface area contributed by atoms with Crippen molar-refractivity contribution >= 4 is 17.9 Å². The second-order valence-electron chi connectivity index (χ2n) is 9.89. The van der Waals surface area contributed by atoms with E-state index in [0.717, 1.165) is 12.8 Å². The molecule has 3 N–H and O–H groups in total. The molecule has 0 saturated heterocycles. The summed E-state index contributed by atoms with van der Waals surface area (Å²) in [5, 5.41) is 15.2. The Morgan fingerprint density at radius 3 is 2.09 bits per heavy atom. The van der Waals surface area contributed by atoms with Gasteiger partial charge in [-0.05, 0) is 72.6 Å². The minimum atomic E-state index is -0.942. The minimum Gasteiger partial charge on any atom is -0.508 e. The number of carbonyl (C=O) groups excluding carboxylic acids is 3. The van der Waals surface area contributed by atoms with Crippen LogP contribution >= 0.6 is 0 Å². The highest BCUT2D eigenvalue weighted by Crippen LogP contribution is 2.30. The van der Waals surface area contributed by atoms with E-state index < -0.39 is 35.2 Å². The molecule has 8 nitrogen and oxygen atoms in total. The van der Waals surface area contributed by atoms with Crippen molar-refractivity contribution in [3.05, 3.63) is 29.8 Å². The lowest BCUT2D eigenvalue weighted by Gasteiger charge is -2.42. The zero-order chi connectivity index (χ0) is 24.7. The van der Waals surface area contributed by atoms with E-state index in [1.807, 2.05) is 27.7 Å². The van der Waals surface area contributed by atoms with Crippen molar-refractivity contribution < 1.29 is 24.2 Å². The Morgan fingerprint density at radius 2 is 1.62 bits per heavy atom. The molecule has 180 valence electrons. The molecule has 0 aliphatic heterocycles. The maximum Gasteiger partial charge on any atom is 0.408 e. The number of amides is 3. The predicted octanol–water partition coefficient (Wildman–Crippen LogP) is 3.89. The quantitative estimate of drug-likeness (QED) is 0.522. The topological polar surface area (TPSA) is 108 Å². The first-order valence-corrected chi connectivity index (χ1v) is 11.1. The highest BCUT2D eigenvalue weighted by Gasteiger charge is 2.40. The van der Waals surface area contributed by atoms with Gasteiger partial charge in [0.05, 0.1) is 0 Å². The summed E-state index contributed by atoms with van der Waals surface area (Å²) in [5.41, 5.74) is -0.889. The molecule has 0 heterocycles. The largest absolute Gasteiger partial charge is 0.508 e. The van der Waals surface area contributed by atoms with E-state index in [-0.39, 0.29) is 11.7 Å². The van der Waals surface area contributed by atoms with Gasteiger partial charge in [-0.15, -0.1) is 0 Å². The molecule has 0 fully saturated rings. The number of hydrogen-bond acceptors (Lipinski definition) is 5. The summed E-state index contributed by atoms with van der Waals surface area (Å²) in [5.74, 6) is -0.684. The van der Waals surface area contributed by atoms with Crippen LogP contribution in [0.3, 0.4) is 0 Å². The van der Waals surface area contributed by atoms with Crippen molar-refractivity contribution in [2.24, 2.45) is 0 Å². The van der Waals surface area contributed by atoms with Gasteiger partial charge in [-0.25, -0.2) is 4.79 Å². The molecule has 0 aromatic heterocycles. The van der Waals surface area contributed by atoms with Gasteiger partial charge in [0.1, 0.15) is 23.4 Å². The summed E-state index contributed by atoms with van der Waals surface area (Å²) < 4.78 is 5.27. The second-order valence-corrected chi connectivity index (χ2v) is 9.89. The number of benzene rings is 1. The van der Waals surface area contributed by atoms with Crippen LogP contribution in [0.4, 0.5) is 4.79 Å². The monoisotopic (exact) mass is 449 g/mol. The Labute approximate surface area is 191 Å². The fraction of sp³-hybridized carbons (Fsp3) is 0.625. The minimum absolute atomic E-state index is 0.0625. The average molecular weight is 450 g/mol. The molecule has 32 heavy (non-hydrogen) atoms. The van der Waals surface area contributed by atoms with Crippen LogP contribution in [-0.4, -0.2) is 51.6 Å². The van der Waals surface area contributed by atoms with Gasteiger partial charge in [0, 0.05) is 12.1 Å². The third-order valence-electron chi connectivity index (χ3n) is 4.61. The molecule has 0 aliphatic rings. The molecule has 1 aromatic carbocycles. The van der Waals surface area contributed by atoms with Crippen molar-refractivity contribution in [2.45, 2.75) is 91.5 Å². The zero-order valence-electron chi connectivity index (χ0n) is 20.6. The molecular weight excluding hydrogens is 410 g/mol. The molecule has 0 aliphatic carbocycles. The van der Waals surface area contributed by atoms with Crippen LogP contribution in [-0.2, 0) is 14.3 Å². The van der Waals surface area contributed by atoms with Crippen LogP contribution in [0.1, 0.15) is 79.8 Å². The summed E-state index contributed by atoms with van der Waals surface area (Å²) in [4.78, 5) is 40.5. The molecule has 0 radical (unpaired) electrons. The van der Waals surface area contributed by atoms with Gasteiger partial charge in [0.15, 0.2) is 0 Å². The highest BCUT2D eigenvalue weighted by atomic mass is 16.6. The number of phenolic OH excluding ortho intramolecular Hbond substituents is 1. The Bertz CT molecular complexity index is 778. The molecule has 2 unspecified atom stereocenters. The van der Waals surface area contributed by atoms with Crippen molar-refractivity contribution in [3.8, 4) is 5.75 Å². The third-order valence-corrected chi connectivity index (χ3v) is 4.61. The number of rotatable bonds is 8. The number of phenols is 1. The maximum absolute atomic E-state index is 13.5. The summed E-state index contributed by atoms with van der Waals surface area (Å²) in [7, 11) is 0. The SMILES string of the molecule is CCCCNC(=O)C(c1ccc(O)cc1)N(C(=O)C(C)NC(=O)OC(C)(C)C)C(C)(C)C. The molecule has 3 amide bonds. The van der Waals surface area contributed by atoms with Crippen molar-refractivity contribution in [2.75, 3.05) is 6.54 Å². The maximum atomic E-state index is 13.5. The fourth-order valence-electron chi connectivity index (χ4n) is 3.16. The van der Waals surface area contributed by atoms with Crippen molar-refractivity contribution in [1.82, 2.24) is 15.5 Å². The Kier molecular flexibility index (Phi) is 9.54. The number of hydrogen-bond donors (Lipinski definition) is 3. The molecule has 8 heteroatoms. The van der Waals surface area contributed by atoms with Gasteiger partial charge in [0.2, 0.25) is 11.8 Å². The summed E-state index contributed by atoms with van der Waals surface area (Å²) in [6.45, 7) is 14.8. The Hall–Kier alpha value is -2.77. The number of ether oxygens (including phenoxy) is 1. The lowest BCUT2D eigenvalue weighted by molar-refractivity contribution is -0.148. The van der Waals surface area contributed by atoms with Gasteiger partial charge in [0.25, 0.3) is 0 Å². The first kappa shape index (κ1) is 27.3. The van der Waals surface area contributed by atoms with Crippen LogP contribution in [0.5, 0.6) is 5.75 Å². The third kappa shape index (κ3) is 8.40. The fourth-order valence-corrected chi connectivity index (χ4v) is 3.16. The molecule has 1 aromatic rings. The van der Waals surface area contributed by atoms with Gasteiger partial charge in [-0.2, -0.15) is 0 Å². The number of alkyl carbamates (subject to hydrolysis) is 1. The normalized spacial score (nSPS) is 13.6. The van der Waals surface area contributed by atoms with Crippen LogP contribution < -0.4 is 10.6 Å². The smallest absolute Gasteiger partial charge is 0.408 e. The van der Waals surface area contributed by atoms with Gasteiger partial charge < -0.3 is 25.4 Å². The molecule has 0 spiro atoms. The Balaban J connectivity index is 3.30. The van der Waals surface area contributed by atoms with E-state index in [4.69, 9.17) is 4.74 Å². The molecule has 0 saturated carbocycles. The first-order chi connectivity index (χ1) is 14.7. The Morgan fingerprint density at radius 1 is 1.06 bits per heavy atom. The first-order valence-electron chi connectivity index (χ1n) is 11.1. The molecular formula is C24H39N3O5. The van der Waals surface area contributed by atoms with Crippen molar-refractivity contribution in [3.63, 3.8) is 0 Å². The number of nitrogens with one attached hydrogen (secondary N) is 2. The van der Waals surface area contributed by atoms with Crippen LogP contribution in [0.15, 0.2) is 24.3 Å². The van der Waals surface area contributed by atoms with Gasteiger partial charge in [-0.3, -0.25) is 9.59 Å². The van der Waals surface area contributed by atoms with E-state index in [0.29, 0.717) is 12.1 Å². The van der Waals surface area contributed by atoms with E-state index in [9.17, 15) is 19.5 Å². The zero-order valence-corrected chi connectivity index (χ0v) is 20.6. The number of unbranched alkanes of at least 4 members (excludes halogenated alkanes) is 1. The summed E-state index contributed by atoms with van der Waals surface area (Å²) in [6, 6.07) is 4.34. The predicted molar refractivity (Wildman–Crippen MR) is 124 cm³/mol. The van der Waals surface area contributed by atoms with E-state index in [1.165, 1.54) is 17.0 Å². The summed E-state index contributed by atoms with van der Waals surface area (Å²) >= 11 is 0. The number of nitrogens with zero attached hydrogens (tertiary/aromatic N) is 1. The average Bonchev–Trinajstić information content (AvgIpc) is 2.63. The molecule has 1 rings (SSSR count). The van der Waals surface area contributed by atoms with Crippen molar-refractivity contribution in [1.29, 1.82) is 0 Å². The van der Waals surface area contributed by atoms with Gasteiger partial charge in [-0.1, -0.05) is 25.5 Å². The summed E-state index contributed by atoms with van der Waals surface area (Å²) in [6.07, 6.45) is 1.03. The number of aromatic hydroxyl groups is 1. The van der Waals surface area contributed by atoms with Gasteiger partial charge >= 0.3 is 6.09 Å². The standard InChI is InChI=1S/C24H39N3O5/c1-9-10-15-25-20(29)19(17-11-13-18(28)14-12-17)27(23(3,4)5)21(30)16(2)26-22(31)32-24(6,7)8/h11-14,16,19,28H,9-10,15H2,1-8H3,(H,25,29)(H,26,31). The second kappa shape index (κ2) is 11.2. The van der Waals surface area contributed by atoms with Crippen LogP contribution in [0.25, 0.3) is 0 Å². The van der Waals surface area contributed by atoms with Crippen LogP contribution in [0, 0.1) is 0 Å².